The summed E-state index contributed by atoms with van der Waals surface area (Å²) in [4.78, 5) is 25.3. The number of carbonyl (C=O) groups excluding carboxylic acids is 2. The minimum atomic E-state index is -0.447. The zero-order chi connectivity index (χ0) is 21.6. The van der Waals surface area contributed by atoms with E-state index in [-0.39, 0.29) is 11.1 Å². The lowest BCUT2D eigenvalue weighted by atomic mass is 9.89. The largest absolute Gasteiger partial charge is 0.462 e. The van der Waals surface area contributed by atoms with Crippen LogP contribution < -0.4 is 0 Å². The van der Waals surface area contributed by atoms with Gasteiger partial charge in [-0.2, -0.15) is 0 Å². The van der Waals surface area contributed by atoms with Crippen LogP contribution in [0.4, 0.5) is 0 Å². The van der Waals surface area contributed by atoms with Crippen molar-refractivity contribution in [3.05, 3.63) is 35.4 Å². The van der Waals surface area contributed by atoms with E-state index in [2.05, 4.69) is 34.6 Å². The van der Waals surface area contributed by atoms with E-state index in [1.165, 1.54) is 0 Å². The van der Waals surface area contributed by atoms with Crippen LogP contribution in [0, 0.1) is 17.8 Å². The highest BCUT2D eigenvalue weighted by molar-refractivity contribution is 6.03. The van der Waals surface area contributed by atoms with Gasteiger partial charge in [0.2, 0.25) is 0 Å². The standard InChI is InChI=1S/C25H40O4/c1-6-10-14-20(8-3)17-28-24(26)22-15-11-12-16-23(22)25(27)29-18-21(9-4)19(5)13-7-2/h11-12,15-16,19-21H,6-10,13-14,17-18H2,1-5H3. The zero-order valence-electron chi connectivity index (χ0n) is 19.0. The van der Waals surface area contributed by atoms with Crippen molar-refractivity contribution in [1.29, 1.82) is 0 Å². The predicted molar refractivity (Wildman–Crippen MR) is 118 cm³/mol. The van der Waals surface area contributed by atoms with E-state index in [0.717, 1.165) is 44.9 Å². The lowest BCUT2D eigenvalue weighted by Crippen LogP contribution is -2.22. The van der Waals surface area contributed by atoms with Crippen LogP contribution in [0.3, 0.4) is 0 Å². The Bertz CT molecular complexity index is 611. The van der Waals surface area contributed by atoms with Gasteiger partial charge in [0.05, 0.1) is 24.3 Å². The molecular formula is C25H40O4. The number of hydrogen-bond donors (Lipinski definition) is 0. The fourth-order valence-corrected chi connectivity index (χ4v) is 3.64. The van der Waals surface area contributed by atoms with Gasteiger partial charge in [-0.25, -0.2) is 9.59 Å². The van der Waals surface area contributed by atoms with Gasteiger partial charge in [-0.3, -0.25) is 0 Å². The number of ether oxygens (including phenoxy) is 2. The first-order valence-electron chi connectivity index (χ1n) is 11.4. The molecule has 0 aliphatic rings. The van der Waals surface area contributed by atoms with Crippen molar-refractivity contribution in [3.63, 3.8) is 0 Å². The molecule has 3 atom stereocenters. The highest BCUT2D eigenvalue weighted by Crippen LogP contribution is 2.22. The Morgan fingerprint density at radius 2 is 1.41 bits per heavy atom. The van der Waals surface area contributed by atoms with Crippen molar-refractivity contribution in [2.75, 3.05) is 13.2 Å². The normalized spacial score (nSPS) is 14.1. The Labute approximate surface area is 177 Å². The number of rotatable bonds is 14. The third-order valence-corrected chi connectivity index (χ3v) is 5.86. The van der Waals surface area contributed by atoms with Gasteiger partial charge in [0.15, 0.2) is 0 Å². The summed E-state index contributed by atoms with van der Waals surface area (Å²) in [5.41, 5.74) is 0.578. The van der Waals surface area contributed by atoms with Crippen molar-refractivity contribution in [2.45, 2.75) is 79.6 Å². The molecule has 0 aromatic heterocycles. The van der Waals surface area contributed by atoms with E-state index in [1.807, 2.05) is 0 Å². The van der Waals surface area contributed by atoms with Crippen LogP contribution in [0.25, 0.3) is 0 Å². The minimum absolute atomic E-state index is 0.289. The smallest absolute Gasteiger partial charge is 0.339 e. The maximum atomic E-state index is 12.7. The first-order chi connectivity index (χ1) is 14.0. The average molecular weight is 405 g/mol. The summed E-state index contributed by atoms with van der Waals surface area (Å²) in [6, 6.07) is 6.78. The Kier molecular flexibility index (Phi) is 12.3. The molecule has 0 bridgehead atoms. The second-order valence-corrected chi connectivity index (χ2v) is 8.09. The quantitative estimate of drug-likeness (QED) is 0.325. The molecule has 0 aliphatic carbocycles. The number of hydrogen-bond acceptors (Lipinski definition) is 4. The maximum Gasteiger partial charge on any atom is 0.339 e. The van der Waals surface area contributed by atoms with Crippen molar-refractivity contribution < 1.29 is 19.1 Å². The summed E-state index contributed by atoms with van der Waals surface area (Å²) in [6.07, 6.45) is 7.51. The molecular weight excluding hydrogens is 364 g/mol. The number of unbranched alkanes of at least 4 members (excludes halogenated alkanes) is 1. The maximum absolute atomic E-state index is 12.7. The minimum Gasteiger partial charge on any atom is -0.462 e. The summed E-state index contributed by atoms with van der Waals surface area (Å²) >= 11 is 0. The molecule has 4 heteroatoms. The molecule has 164 valence electrons. The summed E-state index contributed by atoms with van der Waals surface area (Å²) in [5, 5.41) is 0. The molecule has 1 aromatic carbocycles. The summed E-state index contributed by atoms with van der Waals surface area (Å²) in [7, 11) is 0. The molecule has 4 nitrogen and oxygen atoms in total. The fourth-order valence-electron chi connectivity index (χ4n) is 3.64. The van der Waals surface area contributed by atoms with E-state index in [0.29, 0.717) is 31.0 Å². The van der Waals surface area contributed by atoms with Gasteiger partial charge in [-0.1, -0.05) is 78.9 Å². The van der Waals surface area contributed by atoms with Crippen molar-refractivity contribution in [3.8, 4) is 0 Å². The Morgan fingerprint density at radius 3 is 1.90 bits per heavy atom. The van der Waals surface area contributed by atoms with Gasteiger partial charge in [-0.05, 0) is 42.7 Å². The van der Waals surface area contributed by atoms with Gasteiger partial charge in [0.1, 0.15) is 0 Å². The third-order valence-electron chi connectivity index (χ3n) is 5.86. The van der Waals surface area contributed by atoms with Crippen LogP contribution in [0.5, 0.6) is 0 Å². The SMILES string of the molecule is CCCCC(CC)COC(=O)c1ccccc1C(=O)OCC(CC)C(C)CCC. The molecule has 3 unspecified atom stereocenters. The lowest BCUT2D eigenvalue weighted by Gasteiger charge is -2.22. The van der Waals surface area contributed by atoms with E-state index in [4.69, 9.17) is 9.47 Å². The lowest BCUT2D eigenvalue weighted by molar-refractivity contribution is 0.0357. The predicted octanol–water partition coefficient (Wildman–Crippen LogP) is 6.68. The van der Waals surface area contributed by atoms with Gasteiger partial charge in [-0.15, -0.1) is 0 Å². The number of carbonyl (C=O) groups is 2. The molecule has 0 fully saturated rings. The van der Waals surface area contributed by atoms with Gasteiger partial charge < -0.3 is 9.47 Å². The van der Waals surface area contributed by atoms with Crippen LogP contribution in [-0.4, -0.2) is 25.2 Å². The first kappa shape index (κ1) is 25.2. The second-order valence-electron chi connectivity index (χ2n) is 8.09. The molecule has 0 aliphatic heterocycles. The molecule has 1 rings (SSSR count). The van der Waals surface area contributed by atoms with E-state index < -0.39 is 11.9 Å². The molecule has 29 heavy (non-hydrogen) atoms. The van der Waals surface area contributed by atoms with Gasteiger partial charge in [0.25, 0.3) is 0 Å². The fraction of sp³-hybridized carbons (Fsp3) is 0.680. The molecule has 0 N–H and O–H groups in total. The Morgan fingerprint density at radius 1 is 0.828 bits per heavy atom. The average Bonchev–Trinajstić information content (AvgIpc) is 2.74. The van der Waals surface area contributed by atoms with Crippen LogP contribution in [0.2, 0.25) is 0 Å². The van der Waals surface area contributed by atoms with E-state index in [1.54, 1.807) is 24.3 Å². The number of benzene rings is 1. The molecule has 0 saturated heterocycles. The second kappa shape index (κ2) is 14.2. The van der Waals surface area contributed by atoms with Crippen molar-refractivity contribution >= 4 is 11.9 Å². The highest BCUT2D eigenvalue weighted by Gasteiger charge is 2.22. The topological polar surface area (TPSA) is 52.6 Å². The Balaban J connectivity index is 2.74. The molecule has 0 radical (unpaired) electrons. The van der Waals surface area contributed by atoms with Gasteiger partial charge >= 0.3 is 11.9 Å². The van der Waals surface area contributed by atoms with Crippen molar-refractivity contribution in [1.82, 2.24) is 0 Å². The monoisotopic (exact) mass is 404 g/mol. The molecule has 0 amide bonds. The third kappa shape index (κ3) is 8.59. The van der Waals surface area contributed by atoms with Crippen LogP contribution in [0.15, 0.2) is 24.3 Å². The summed E-state index contributed by atoms with van der Waals surface area (Å²) < 4.78 is 11.1. The van der Waals surface area contributed by atoms with Gasteiger partial charge in [0, 0.05) is 0 Å². The Hall–Kier alpha value is -1.84. The molecule has 0 heterocycles. The molecule has 1 aromatic rings. The summed E-state index contributed by atoms with van der Waals surface area (Å²) in [6.45, 7) is 11.6. The highest BCUT2D eigenvalue weighted by atomic mass is 16.5. The molecule has 0 saturated carbocycles. The molecule has 0 spiro atoms. The van der Waals surface area contributed by atoms with Crippen LogP contribution in [-0.2, 0) is 9.47 Å². The zero-order valence-corrected chi connectivity index (χ0v) is 19.0. The van der Waals surface area contributed by atoms with E-state index >= 15 is 0 Å². The van der Waals surface area contributed by atoms with E-state index in [9.17, 15) is 9.59 Å². The summed E-state index contributed by atoms with van der Waals surface area (Å²) in [5.74, 6) is 0.314. The van der Waals surface area contributed by atoms with Crippen LogP contribution in [0.1, 0.15) is 100 Å². The van der Waals surface area contributed by atoms with Crippen molar-refractivity contribution in [2.24, 2.45) is 17.8 Å². The number of esters is 2. The van der Waals surface area contributed by atoms with Crippen LogP contribution >= 0.6 is 0 Å². The first-order valence-corrected chi connectivity index (χ1v) is 11.4.